The summed E-state index contributed by atoms with van der Waals surface area (Å²) in [6.45, 7) is 3.82. The Labute approximate surface area is 106 Å². The first-order valence-corrected chi connectivity index (χ1v) is 6.18. The van der Waals surface area contributed by atoms with Gasteiger partial charge in [-0.1, -0.05) is 25.0 Å². The third kappa shape index (κ3) is 1.93. The molecule has 2 rings (SSSR count). The van der Waals surface area contributed by atoms with Crippen LogP contribution in [0.2, 0.25) is 0 Å². The van der Waals surface area contributed by atoms with Crippen molar-refractivity contribution in [3.63, 3.8) is 0 Å². The van der Waals surface area contributed by atoms with Crippen molar-refractivity contribution < 1.29 is 14.7 Å². The van der Waals surface area contributed by atoms with Gasteiger partial charge in [-0.05, 0) is 31.9 Å². The molecular weight excluding hydrogens is 230 g/mol. The summed E-state index contributed by atoms with van der Waals surface area (Å²) in [6.07, 6.45) is 1.63. The monoisotopic (exact) mass is 247 g/mol. The molecule has 0 fully saturated rings. The van der Waals surface area contributed by atoms with E-state index in [0.29, 0.717) is 17.7 Å². The van der Waals surface area contributed by atoms with Crippen molar-refractivity contribution in [3.05, 3.63) is 29.3 Å². The van der Waals surface area contributed by atoms with Crippen molar-refractivity contribution in [1.29, 1.82) is 0 Å². The van der Waals surface area contributed by atoms with Crippen LogP contribution in [0.5, 0.6) is 0 Å². The number of amides is 1. The van der Waals surface area contributed by atoms with E-state index in [1.165, 1.54) is 0 Å². The number of aryl methyl sites for hydroxylation is 1. The fraction of sp³-hybridized carbons (Fsp3) is 0.429. The normalized spacial score (nSPS) is 22.6. The van der Waals surface area contributed by atoms with Gasteiger partial charge in [0.15, 0.2) is 0 Å². The van der Waals surface area contributed by atoms with E-state index in [-0.39, 0.29) is 6.42 Å². The Bertz CT molecular complexity index is 510. The second-order valence-electron chi connectivity index (χ2n) is 4.80. The van der Waals surface area contributed by atoms with E-state index < -0.39 is 17.3 Å². The molecular formula is C14H17NO3. The summed E-state index contributed by atoms with van der Waals surface area (Å²) in [5, 5.41) is 12.9. The maximum atomic E-state index is 12.3. The third-order valence-electron chi connectivity index (χ3n) is 3.31. The van der Waals surface area contributed by atoms with Gasteiger partial charge < -0.3 is 10.4 Å². The van der Waals surface area contributed by atoms with Crippen molar-refractivity contribution in [2.24, 2.45) is 0 Å². The Morgan fingerprint density at radius 2 is 2.06 bits per heavy atom. The second-order valence-corrected chi connectivity index (χ2v) is 4.80. The number of Topliss-reactive ketones (excluding diaryl/α,β-unsaturated/α-hetero) is 1. The molecule has 0 aromatic heterocycles. The number of hydrogen-bond donors (Lipinski definition) is 2. The van der Waals surface area contributed by atoms with Gasteiger partial charge in [0.25, 0.3) is 5.91 Å². The number of carbonyl (C=O) groups is 2. The molecule has 0 radical (unpaired) electrons. The van der Waals surface area contributed by atoms with Gasteiger partial charge in [0, 0.05) is 5.56 Å². The SMILES string of the molecule is CCCCC1(O)C(=O)Nc2ccc(C)cc2C1=O. The predicted molar refractivity (Wildman–Crippen MR) is 68.6 cm³/mol. The van der Waals surface area contributed by atoms with E-state index in [9.17, 15) is 14.7 Å². The van der Waals surface area contributed by atoms with E-state index in [4.69, 9.17) is 0 Å². The van der Waals surface area contributed by atoms with E-state index in [1.807, 2.05) is 19.9 Å². The summed E-state index contributed by atoms with van der Waals surface area (Å²) >= 11 is 0. The number of aliphatic hydroxyl groups is 1. The first-order chi connectivity index (χ1) is 8.49. The molecule has 0 saturated heterocycles. The van der Waals surface area contributed by atoms with Crippen LogP contribution in [-0.4, -0.2) is 22.4 Å². The molecule has 0 bridgehead atoms. The lowest BCUT2D eigenvalue weighted by atomic mass is 9.83. The van der Waals surface area contributed by atoms with Crippen molar-refractivity contribution in [3.8, 4) is 0 Å². The molecule has 1 unspecified atom stereocenters. The maximum Gasteiger partial charge on any atom is 0.264 e. The third-order valence-corrected chi connectivity index (χ3v) is 3.31. The molecule has 0 spiro atoms. The van der Waals surface area contributed by atoms with Crippen molar-refractivity contribution in [2.75, 3.05) is 5.32 Å². The zero-order chi connectivity index (χ0) is 13.3. The Hall–Kier alpha value is -1.68. The van der Waals surface area contributed by atoms with Crippen LogP contribution in [0.4, 0.5) is 5.69 Å². The summed E-state index contributed by atoms with van der Waals surface area (Å²) in [5.41, 5.74) is -0.0994. The largest absolute Gasteiger partial charge is 0.373 e. The van der Waals surface area contributed by atoms with Crippen LogP contribution in [0.15, 0.2) is 18.2 Å². The van der Waals surface area contributed by atoms with E-state index in [2.05, 4.69) is 5.32 Å². The van der Waals surface area contributed by atoms with E-state index in [0.717, 1.165) is 12.0 Å². The van der Waals surface area contributed by atoms with Gasteiger partial charge in [-0.15, -0.1) is 0 Å². The van der Waals surface area contributed by atoms with Gasteiger partial charge in [0.2, 0.25) is 11.4 Å². The second kappa shape index (κ2) is 4.53. The lowest BCUT2D eigenvalue weighted by Gasteiger charge is -2.31. The van der Waals surface area contributed by atoms with Crippen molar-refractivity contribution in [2.45, 2.75) is 38.7 Å². The molecule has 18 heavy (non-hydrogen) atoms. The van der Waals surface area contributed by atoms with Crippen LogP contribution < -0.4 is 5.32 Å². The average Bonchev–Trinajstić information content (AvgIpc) is 2.35. The molecule has 4 nitrogen and oxygen atoms in total. The number of anilines is 1. The molecule has 2 N–H and O–H groups in total. The van der Waals surface area contributed by atoms with Gasteiger partial charge in [0.1, 0.15) is 0 Å². The van der Waals surface area contributed by atoms with E-state index in [1.54, 1.807) is 12.1 Å². The van der Waals surface area contributed by atoms with E-state index >= 15 is 0 Å². The summed E-state index contributed by atoms with van der Waals surface area (Å²) in [4.78, 5) is 24.2. The van der Waals surface area contributed by atoms with Crippen LogP contribution in [0.25, 0.3) is 0 Å². The number of hydrogen-bond acceptors (Lipinski definition) is 3. The summed E-state index contributed by atoms with van der Waals surface area (Å²) in [5.74, 6) is -1.10. The Morgan fingerprint density at radius 1 is 1.33 bits per heavy atom. The molecule has 1 aromatic rings. The van der Waals surface area contributed by atoms with Crippen LogP contribution in [0.1, 0.15) is 42.1 Å². The Morgan fingerprint density at radius 3 is 2.72 bits per heavy atom. The summed E-state index contributed by atoms with van der Waals surface area (Å²) < 4.78 is 0. The highest BCUT2D eigenvalue weighted by Crippen LogP contribution is 2.31. The van der Waals surface area contributed by atoms with Gasteiger partial charge >= 0.3 is 0 Å². The minimum atomic E-state index is -1.91. The Balaban J connectivity index is 2.43. The van der Waals surface area contributed by atoms with Gasteiger partial charge in [-0.3, -0.25) is 9.59 Å². The highest BCUT2D eigenvalue weighted by Gasteiger charge is 2.47. The number of carbonyl (C=O) groups excluding carboxylic acids is 2. The molecule has 1 aromatic carbocycles. The molecule has 1 atom stereocenters. The number of unbranched alkanes of at least 4 members (excludes halogenated alkanes) is 1. The summed E-state index contributed by atoms with van der Waals surface area (Å²) in [6, 6.07) is 5.22. The molecule has 1 aliphatic heterocycles. The van der Waals surface area contributed by atoms with Crippen LogP contribution in [0.3, 0.4) is 0 Å². The number of fused-ring (bicyclic) bond motifs is 1. The van der Waals surface area contributed by atoms with Crippen LogP contribution in [-0.2, 0) is 4.79 Å². The first kappa shape index (κ1) is 12.8. The minimum Gasteiger partial charge on any atom is -0.373 e. The molecule has 1 aliphatic rings. The highest BCUT2D eigenvalue weighted by atomic mass is 16.3. The van der Waals surface area contributed by atoms with Crippen LogP contribution >= 0.6 is 0 Å². The zero-order valence-electron chi connectivity index (χ0n) is 10.6. The highest BCUT2D eigenvalue weighted by molar-refractivity contribution is 6.26. The van der Waals surface area contributed by atoms with Gasteiger partial charge in [0.05, 0.1) is 5.69 Å². The fourth-order valence-electron chi connectivity index (χ4n) is 2.17. The lowest BCUT2D eigenvalue weighted by Crippen LogP contribution is -2.53. The Kier molecular flexibility index (Phi) is 3.22. The smallest absolute Gasteiger partial charge is 0.264 e. The standard InChI is InChI=1S/C14H17NO3/c1-3-4-7-14(18)12(16)10-8-9(2)5-6-11(10)15-13(14)17/h5-6,8,18H,3-4,7H2,1-2H3,(H,15,17). The van der Waals surface area contributed by atoms with Gasteiger partial charge in [-0.25, -0.2) is 0 Å². The molecule has 96 valence electrons. The predicted octanol–water partition coefficient (Wildman–Crippen LogP) is 2.05. The fourth-order valence-corrected chi connectivity index (χ4v) is 2.17. The number of ketones is 1. The summed E-state index contributed by atoms with van der Waals surface area (Å²) in [7, 11) is 0. The first-order valence-electron chi connectivity index (χ1n) is 6.18. The molecule has 0 saturated carbocycles. The minimum absolute atomic E-state index is 0.168. The average molecular weight is 247 g/mol. The molecule has 0 aliphatic carbocycles. The quantitative estimate of drug-likeness (QED) is 0.803. The zero-order valence-corrected chi connectivity index (χ0v) is 10.6. The lowest BCUT2D eigenvalue weighted by molar-refractivity contribution is -0.130. The van der Waals surface area contributed by atoms with Crippen molar-refractivity contribution in [1.82, 2.24) is 0 Å². The molecule has 4 heteroatoms. The topological polar surface area (TPSA) is 66.4 Å². The number of benzene rings is 1. The van der Waals surface area contributed by atoms with Gasteiger partial charge in [-0.2, -0.15) is 0 Å². The number of nitrogens with one attached hydrogen (secondary N) is 1. The van der Waals surface area contributed by atoms with Crippen molar-refractivity contribution >= 4 is 17.4 Å². The molecule has 1 amide bonds. The number of rotatable bonds is 3. The maximum absolute atomic E-state index is 12.3. The van der Waals surface area contributed by atoms with Crippen LogP contribution in [0, 0.1) is 6.92 Å². The molecule has 1 heterocycles.